The second-order valence-corrected chi connectivity index (χ2v) is 3.81. The van der Waals surface area contributed by atoms with Gasteiger partial charge in [0.2, 0.25) is 0 Å². The van der Waals surface area contributed by atoms with Crippen molar-refractivity contribution >= 4 is 6.08 Å². The van der Waals surface area contributed by atoms with E-state index in [1.165, 1.54) is 24.0 Å². The van der Waals surface area contributed by atoms with Crippen LogP contribution in [0.2, 0.25) is 0 Å². The lowest BCUT2D eigenvalue weighted by Gasteiger charge is -2.06. The zero-order valence-electron chi connectivity index (χ0n) is 8.66. The molecule has 0 nitrogen and oxygen atoms in total. The Bertz CT molecular complexity index is 369. The van der Waals surface area contributed by atoms with Crippen LogP contribution in [-0.2, 0) is 6.42 Å². The molecule has 0 aliphatic heterocycles. The van der Waals surface area contributed by atoms with Crippen molar-refractivity contribution in [1.29, 1.82) is 0 Å². The van der Waals surface area contributed by atoms with Crippen LogP contribution in [0.15, 0.2) is 42.0 Å². The van der Waals surface area contributed by atoms with Gasteiger partial charge < -0.3 is 0 Å². The van der Waals surface area contributed by atoms with Crippen LogP contribution in [0, 0.1) is 0 Å². The van der Waals surface area contributed by atoms with E-state index in [0.29, 0.717) is 0 Å². The molecule has 1 aromatic carbocycles. The Morgan fingerprint density at radius 1 is 1.21 bits per heavy atom. The van der Waals surface area contributed by atoms with Crippen LogP contribution in [0.4, 0.5) is 0 Å². The minimum Gasteiger partial charge on any atom is -0.0658 e. The fourth-order valence-electron chi connectivity index (χ4n) is 1.94. The number of benzene rings is 1. The van der Waals surface area contributed by atoms with Crippen molar-refractivity contribution in [3.63, 3.8) is 0 Å². The summed E-state index contributed by atoms with van der Waals surface area (Å²) in [6, 6.07) is 8.65. The van der Waals surface area contributed by atoms with E-state index < -0.39 is 0 Å². The van der Waals surface area contributed by atoms with Gasteiger partial charge in [-0.05, 0) is 24.0 Å². The van der Waals surface area contributed by atoms with Crippen molar-refractivity contribution in [2.24, 2.45) is 0 Å². The highest BCUT2D eigenvalue weighted by Gasteiger charge is 2.04. The summed E-state index contributed by atoms with van der Waals surface area (Å²) in [6.07, 6.45) is 10.2. The highest BCUT2D eigenvalue weighted by Crippen LogP contribution is 2.21. The lowest BCUT2D eigenvalue weighted by Crippen LogP contribution is -1.91. The van der Waals surface area contributed by atoms with Gasteiger partial charge >= 0.3 is 0 Å². The van der Waals surface area contributed by atoms with Crippen LogP contribution >= 0.6 is 0 Å². The van der Waals surface area contributed by atoms with Gasteiger partial charge in [-0.25, -0.2) is 0 Å². The summed E-state index contributed by atoms with van der Waals surface area (Å²) in [6.45, 7) is 2.24. The Morgan fingerprint density at radius 2 is 2.07 bits per heavy atom. The third-order valence-corrected chi connectivity index (χ3v) is 2.65. The second kappa shape index (κ2) is 4.28. The lowest BCUT2D eigenvalue weighted by molar-refractivity contribution is 0.871. The predicted molar refractivity (Wildman–Crippen MR) is 62.2 cm³/mol. The highest BCUT2D eigenvalue weighted by atomic mass is 14.1. The molecule has 1 aliphatic rings. The summed E-state index contributed by atoms with van der Waals surface area (Å²) in [5.41, 5.74) is 4.38. The van der Waals surface area contributed by atoms with Crippen molar-refractivity contribution in [3.05, 3.63) is 53.1 Å². The van der Waals surface area contributed by atoms with Gasteiger partial charge in [0.25, 0.3) is 0 Å². The molecule has 0 atom stereocenters. The number of fused-ring (bicyclic) bond motifs is 1. The predicted octanol–water partition coefficient (Wildman–Crippen LogP) is 3.98. The standard InChI is InChI=1S/C14H16/c1-2-6-12-7-5-10-13-8-3-4-9-14(13)11-12/h3-5,7-10H,2,6,11H2,1H3. The van der Waals surface area contributed by atoms with Gasteiger partial charge in [0.1, 0.15) is 0 Å². The molecule has 0 amide bonds. The van der Waals surface area contributed by atoms with Crippen molar-refractivity contribution in [2.75, 3.05) is 0 Å². The number of hydrogen-bond donors (Lipinski definition) is 0. The van der Waals surface area contributed by atoms with Gasteiger partial charge in [-0.1, -0.05) is 61.4 Å². The number of hydrogen-bond acceptors (Lipinski definition) is 0. The van der Waals surface area contributed by atoms with Crippen LogP contribution < -0.4 is 0 Å². The molecule has 0 saturated carbocycles. The first kappa shape index (κ1) is 9.26. The number of allylic oxidation sites excluding steroid dienone is 3. The Kier molecular flexibility index (Phi) is 2.83. The van der Waals surface area contributed by atoms with Gasteiger partial charge in [-0.3, -0.25) is 0 Å². The number of rotatable bonds is 2. The van der Waals surface area contributed by atoms with Crippen LogP contribution in [0.5, 0.6) is 0 Å². The molecule has 0 fully saturated rings. The SMILES string of the molecule is CCCC1=CC=Cc2ccccc2C1. The average Bonchev–Trinajstić information content (AvgIpc) is 2.40. The van der Waals surface area contributed by atoms with E-state index in [1.54, 1.807) is 5.57 Å². The molecule has 72 valence electrons. The van der Waals surface area contributed by atoms with Crippen molar-refractivity contribution in [1.82, 2.24) is 0 Å². The highest BCUT2D eigenvalue weighted by molar-refractivity contribution is 5.58. The molecule has 1 aliphatic carbocycles. The van der Waals surface area contributed by atoms with Crippen LogP contribution in [0.1, 0.15) is 30.9 Å². The van der Waals surface area contributed by atoms with Gasteiger partial charge in [-0.2, -0.15) is 0 Å². The maximum absolute atomic E-state index is 2.27. The molecule has 0 heterocycles. The smallest absolute Gasteiger partial charge is 0.00581 e. The van der Waals surface area contributed by atoms with E-state index in [-0.39, 0.29) is 0 Å². The van der Waals surface area contributed by atoms with E-state index in [4.69, 9.17) is 0 Å². The van der Waals surface area contributed by atoms with Crippen LogP contribution in [-0.4, -0.2) is 0 Å². The van der Waals surface area contributed by atoms with Crippen LogP contribution in [0.3, 0.4) is 0 Å². The zero-order valence-corrected chi connectivity index (χ0v) is 8.66. The van der Waals surface area contributed by atoms with Crippen molar-refractivity contribution in [3.8, 4) is 0 Å². The Morgan fingerprint density at radius 3 is 2.93 bits per heavy atom. The largest absolute Gasteiger partial charge is 0.0658 e. The van der Waals surface area contributed by atoms with Crippen molar-refractivity contribution < 1.29 is 0 Å². The van der Waals surface area contributed by atoms with Crippen molar-refractivity contribution in [2.45, 2.75) is 26.2 Å². The third kappa shape index (κ3) is 1.95. The molecule has 0 radical (unpaired) electrons. The molecule has 0 saturated heterocycles. The van der Waals surface area contributed by atoms with Crippen LogP contribution in [0.25, 0.3) is 6.08 Å². The minimum absolute atomic E-state index is 1.12. The monoisotopic (exact) mass is 184 g/mol. The molecular weight excluding hydrogens is 168 g/mol. The lowest BCUT2D eigenvalue weighted by atomic mass is 9.99. The summed E-state index contributed by atoms with van der Waals surface area (Å²) < 4.78 is 0. The van der Waals surface area contributed by atoms with E-state index >= 15 is 0 Å². The molecular formula is C14H16. The van der Waals surface area contributed by atoms with Gasteiger partial charge in [0, 0.05) is 0 Å². The summed E-state index contributed by atoms with van der Waals surface area (Å²) in [5.74, 6) is 0. The summed E-state index contributed by atoms with van der Waals surface area (Å²) in [7, 11) is 0. The molecule has 14 heavy (non-hydrogen) atoms. The maximum Gasteiger partial charge on any atom is -0.00581 e. The first-order valence-electron chi connectivity index (χ1n) is 5.34. The average molecular weight is 184 g/mol. The summed E-state index contributed by atoms with van der Waals surface area (Å²) >= 11 is 0. The fraction of sp³-hybridized carbons (Fsp3) is 0.286. The van der Waals surface area contributed by atoms with Gasteiger partial charge in [0.15, 0.2) is 0 Å². The molecule has 2 rings (SSSR count). The second-order valence-electron chi connectivity index (χ2n) is 3.81. The Labute approximate surface area is 86.0 Å². The summed E-state index contributed by atoms with van der Waals surface area (Å²) in [5, 5.41) is 0. The Balaban J connectivity index is 2.28. The van der Waals surface area contributed by atoms with E-state index in [1.807, 2.05) is 0 Å². The third-order valence-electron chi connectivity index (χ3n) is 2.65. The Hall–Kier alpha value is -1.30. The van der Waals surface area contributed by atoms with E-state index in [0.717, 1.165) is 6.42 Å². The van der Waals surface area contributed by atoms with E-state index in [9.17, 15) is 0 Å². The minimum atomic E-state index is 1.12. The molecule has 0 bridgehead atoms. The quantitative estimate of drug-likeness (QED) is 0.652. The molecule has 0 aromatic heterocycles. The normalized spacial score (nSPS) is 14.5. The summed E-state index contributed by atoms with van der Waals surface area (Å²) in [4.78, 5) is 0. The molecule has 0 spiro atoms. The molecule has 0 N–H and O–H groups in total. The first-order valence-corrected chi connectivity index (χ1v) is 5.34. The van der Waals surface area contributed by atoms with E-state index in [2.05, 4.69) is 49.4 Å². The molecule has 0 unspecified atom stereocenters. The zero-order chi connectivity index (χ0) is 9.80. The maximum atomic E-state index is 2.27. The molecule has 1 aromatic rings. The fourth-order valence-corrected chi connectivity index (χ4v) is 1.94. The van der Waals surface area contributed by atoms with Gasteiger partial charge in [-0.15, -0.1) is 0 Å². The topological polar surface area (TPSA) is 0 Å². The first-order chi connectivity index (χ1) is 6.90. The molecule has 0 heteroatoms. The van der Waals surface area contributed by atoms with Gasteiger partial charge in [0.05, 0.1) is 0 Å².